The molecule has 0 saturated heterocycles. The zero-order chi connectivity index (χ0) is 13.8. The molecule has 0 saturated carbocycles. The van der Waals surface area contributed by atoms with E-state index in [4.69, 9.17) is 4.74 Å². The summed E-state index contributed by atoms with van der Waals surface area (Å²) in [4.78, 5) is 0. The van der Waals surface area contributed by atoms with Crippen LogP contribution in [0.4, 0.5) is 5.69 Å². The largest absolute Gasteiger partial charge is 0.496 e. The highest BCUT2D eigenvalue weighted by Crippen LogP contribution is 2.28. The lowest BCUT2D eigenvalue weighted by molar-refractivity contribution is 0.412. The second kappa shape index (κ2) is 6.77. The number of hydrogen-bond donors (Lipinski definition) is 1. The summed E-state index contributed by atoms with van der Waals surface area (Å²) in [6.45, 7) is 0.753. The Morgan fingerprint density at radius 1 is 1.00 bits per heavy atom. The van der Waals surface area contributed by atoms with Gasteiger partial charge in [-0.25, -0.2) is 0 Å². The van der Waals surface area contributed by atoms with Gasteiger partial charge in [-0.3, -0.25) is 0 Å². The van der Waals surface area contributed by atoms with Crippen LogP contribution in [-0.2, 0) is 6.54 Å². The summed E-state index contributed by atoms with van der Waals surface area (Å²) in [7, 11) is 1.66. The van der Waals surface area contributed by atoms with E-state index in [1.807, 2.05) is 30.3 Å². The van der Waals surface area contributed by atoms with Crippen molar-refractivity contribution in [1.82, 2.24) is 0 Å². The van der Waals surface area contributed by atoms with E-state index in [1.165, 1.54) is 5.56 Å². The predicted molar refractivity (Wildman–Crippen MR) is 89.9 cm³/mol. The smallest absolute Gasteiger partial charge is 0.133 e. The average molecular weight is 450 g/mol. The Morgan fingerprint density at radius 3 is 2.42 bits per heavy atom. The molecule has 0 aromatic heterocycles. The van der Waals surface area contributed by atoms with Gasteiger partial charge in [-0.1, -0.05) is 22.0 Å². The second-order valence-electron chi connectivity index (χ2n) is 3.95. The lowest BCUT2D eigenvalue weighted by atomic mass is 10.2. The number of nitrogens with one attached hydrogen (secondary N) is 1. The third kappa shape index (κ3) is 3.97. The van der Waals surface area contributed by atoms with Crippen LogP contribution in [-0.4, -0.2) is 7.11 Å². The fourth-order valence-corrected chi connectivity index (χ4v) is 3.43. The van der Waals surface area contributed by atoms with Crippen LogP contribution in [0.15, 0.2) is 49.8 Å². The number of hydrogen-bond acceptors (Lipinski definition) is 2. The summed E-state index contributed by atoms with van der Waals surface area (Å²) in [5.74, 6) is 0.841. The SMILES string of the molecule is COc1ccc(CNc2ccc(Br)cc2Br)cc1Br. The van der Waals surface area contributed by atoms with Gasteiger partial charge in [0.05, 0.1) is 11.6 Å². The first-order valence-corrected chi connectivity index (χ1v) is 7.99. The van der Waals surface area contributed by atoms with E-state index in [2.05, 4.69) is 59.2 Å². The predicted octanol–water partition coefficient (Wildman–Crippen LogP) is 5.59. The normalized spacial score (nSPS) is 10.3. The Kier molecular flexibility index (Phi) is 5.30. The summed E-state index contributed by atoms with van der Waals surface area (Å²) in [6, 6.07) is 12.1. The molecule has 0 bridgehead atoms. The number of methoxy groups -OCH3 is 1. The zero-order valence-electron chi connectivity index (χ0n) is 10.2. The topological polar surface area (TPSA) is 21.3 Å². The molecule has 0 aliphatic carbocycles. The molecule has 2 rings (SSSR count). The maximum Gasteiger partial charge on any atom is 0.133 e. The van der Waals surface area contributed by atoms with Crippen LogP contribution in [0.3, 0.4) is 0 Å². The maximum atomic E-state index is 5.22. The van der Waals surface area contributed by atoms with E-state index in [9.17, 15) is 0 Å². The molecule has 5 heteroatoms. The van der Waals surface area contributed by atoms with Gasteiger partial charge in [0.15, 0.2) is 0 Å². The van der Waals surface area contributed by atoms with Crippen molar-refractivity contribution in [2.24, 2.45) is 0 Å². The van der Waals surface area contributed by atoms with Crippen molar-refractivity contribution in [2.45, 2.75) is 6.54 Å². The van der Waals surface area contributed by atoms with E-state index in [0.717, 1.165) is 31.4 Å². The molecular weight excluding hydrogens is 438 g/mol. The van der Waals surface area contributed by atoms with Crippen molar-refractivity contribution < 1.29 is 4.74 Å². The van der Waals surface area contributed by atoms with Crippen LogP contribution in [0.25, 0.3) is 0 Å². The molecule has 0 spiro atoms. The summed E-state index contributed by atoms with van der Waals surface area (Å²) < 4.78 is 8.27. The molecule has 0 atom stereocenters. The van der Waals surface area contributed by atoms with Gasteiger partial charge in [0.1, 0.15) is 5.75 Å². The highest BCUT2D eigenvalue weighted by molar-refractivity contribution is 9.11. The summed E-state index contributed by atoms with van der Waals surface area (Å²) in [5, 5.41) is 3.39. The monoisotopic (exact) mass is 447 g/mol. The van der Waals surface area contributed by atoms with Crippen LogP contribution >= 0.6 is 47.8 Å². The van der Waals surface area contributed by atoms with Crippen molar-refractivity contribution in [3.63, 3.8) is 0 Å². The molecule has 2 aromatic carbocycles. The first-order chi connectivity index (χ1) is 9.10. The first-order valence-electron chi connectivity index (χ1n) is 5.61. The quantitative estimate of drug-likeness (QED) is 0.656. The molecule has 0 radical (unpaired) electrons. The highest BCUT2D eigenvalue weighted by atomic mass is 79.9. The number of benzene rings is 2. The van der Waals surface area contributed by atoms with Crippen molar-refractivity contribution in [2.75, 3.05) is 12.4 Å². The molecule has 0 unspecified atom stereocenters. The number of rotatable bonds is 4. The molecule has 19 heavy (non-hydrogen) atoms. The van der Waals surface area contributed by atoms with Crippen LogP contribution < -0.4 is 10.1 Å². The number of anilines is 1. The van der Waals surface area contributed by atoms with Gasteiger partial charge in [-0.15, -0.1) is 0 Å². The van der Waals surface area contributed by atoms with Crippen LogP contribution in [0.1, 0.15) is 5.56 Å². The van der Waals surface area contributed by atoms with Crippen LogP contribution in [0.2, 0.25) is 0 Å². The van der Waals surface area contributed by atoms with Gasteiger partial charge in [0.2, 0.25) is 0 Å². The van der Waals surface area contributed by atoms with Gasteiger partial charge in [0, 0.05) is 21.2 Å². The van der Waals surface area contributed by atoms with Crippen molar-refractivity contribution in [3.8, 4) is 5.75 Å². The molecule has 0 aliphatic heterocycles. The molecule has 2 nitrogen and oxygen atoms in total. The van der Waals surface area contributed by atoms with Gasteiger partial charge >= 0.3 is 0 Å². The lowest BCUT2D eigenvalue weighted by Crippen LogP contribution is -2.00. The number of halogens is 3. The summed E-state index contributed by atoms with van der Waals surface area (Å²) >= 11 is 10.5. The summed E-state index contributed by atoms with van der Waals surface area (Å²) in [6.07, 6.45) is 0. The van der Waals surface area contributed by atoms with Gasteiger partial charge in [-0.2, -0.15) is 0 Å². The first kappa shape index (κ1) is 14.9. The minimum Gasteiger partial charge on any atom is -0.496 e. The van der Waals surface area contributed by atoms with Gasteiger partial charge < -0.3 is 10.1 Å². The second-order valence-corrected chi connectivity index (χ2v) is 6.57. The zero-order valence-corrected chi connectivity index (χ0v) is 15.0. The average Bonchev–Trinajstić information content (AvgIpc) is 2.38. The fourth-order valence-electron chi connectivity index (χ4n) is 1.65. The summed E-state index contributed by atoms with van der Waals surface area (Å²) in [5.41, 5.74) is 2.25. The molecule has 0 fully saturated rings. The van der Waals surface area contributed by atoms with Crippen LogP contribution in [0.5, 0.6) is 5.75 Å². The van der Waals surface area contributed by atoms with E-state index in [0.29, 0.717) is 0 Å². The Morgan fingerprint density at radius 2 is 1.79 bits per heavy atom. The van der Waals surface area contributed by atoms with Gasteiger partial charge in [-0.05, 0) is 67.8 Å². The molecule has 0 aliphatic rings. The van der Waals surface area contributed by atoms with Crippen molar-refractivity contribution in [1.29, 1.82) is 0 Å². The Bertz CT molecular complexity index is 587. The van der Waals surface area contributed by atoms with E-state index in [-0.39, 0.29) is 0 Å². The third-order valence-corrected chi connectivity index (χ3v) is 4.40. The minimum atomic E-state index is 0.753. The van der Waals surface area contributed by atoms with Gasteiger partial charge in [0.25, 0.3) is 0 Å². The van der Waals surface area contributed by atoms with Crippen LogP contribution in [0, 0.1) is 0 Å². The Labute approximate surface area is 137 Å². The molecule has 0 heterocycles. The molecular formula is C14H12Br3NO. The fraction of sp³-hybridized carbons (Fsp3) is 0.143. The minimum absolute atomic E-state index is 0.753. The molecule has 2 aromatic rings. The lowest BCUT2D eigenvalue weighted by Gasteiger charge is -2.10. The highest BCUT2D eigenvalue weighted by Gasteiger charge is 2.03. The Hall–Kier alpha value is -0.520. The maximum absolute atomic E-state index is 5.22. The third-order valence-electron chi connectivity index (χ3n) is 2.63. The van der Waals surface area contributed by atoms with E-state index in [1.54, 1.807) is 7.11 Å². The van der Waals surface area contributed by atoms with Crippen molar-refractivity contribution in [3.05, 3.63) is 55.4 Å². The molecule has 1 N–H and O–H groups in total. The van der Waals surface area contributed by atoms with E-state index < -0.39 is 0 Å². The molecule has 0 amide bonds. The Balaban J connectivity index is 2.08. The standard InChI is InChI=1S/C14H12Br3NO/c1-19-14-5-2-9(6-12(14)17)8-18-13-4-3-10(15)7-11(13)16/h2-7,18H,8H2,1H3. The van der Waals surface area contributed by atoms with E-state index >= 15 is 0 Å². The number of ether oxygens (including phenoxy) is 1. The molecule has 100 valence electrons. The van der Waals surface area contributed by atoms with Crippen molar-refractivity contribution >= 4 is 53.5 Å².